The lowest BCUT2D eigenvalue weighted by Crippen LogP contribution is -2.41. The van der Waals surface area contributed by atoms with Gasteiger partial charge in [-0.25, -0.2) is 8.42 Å². The van der Waals surface area contributed by atoms with Gasteiger partial charge in [0.1, 0.15) is 6.10 Å². The van der Waals surface area contributed by atoms with Crippen LogP contribution in [0, 0.1) is 0 Å². The SMILES string of the molecule is COc1ccc(C(=O)N[C@H]2CCS(=O)(=O)C2)cc1OC1CCN(C(C)C)CC1. The minimum atomic E-state index is -3.04. The van der Waals surface area contributed by atoms with E-state index < -0.39 is 9.84 Å². The molecule has 2 saturated heterocycles. The van der Waals surface area contributed by atoms with Crippen LogP contribution >= 0.6 is 0 Å². The molecule has 0 saturated carbocycles. The molecule has 0 aliphatic carbocycles. The van der Waals surface area contributed by atoms with Crippen LogP contribution in [0.15, 0.2) is 18.2 Å². The second-order valence-corrected chi connectivity index (χ2v) is 10.1. The molecule has 1 aromatic rings. The summed E-state index contributed by atoms with van der Waals surface area (Å²) in [6.45, 7) is 6.37. The van der Waals surface area contributed by atoms with E-state index in [-0.39, 0.29) is 29.6 Å². The highest BCUT2D eigenvalue weighted by Gasteiger charge is 2.29. The van der Waals surface area contributed by atoms with E-state index in [1.807, 2.05) is 0 Å². The average Bonchev–Trinajstić information content (AvgIpc) is 3.00. The molecule has 0 spiro atoms. The van der Waals surface area contributed by atoms with Gasteiger partial charge in [-0.2, -0.15) is 0 Å². The number of hydrogen-bond donors (Lipinski definition) is 1. The standard InChI is InChI=1S/C20H30N2O5S/c1-14(2)22-9-6-17(7-10-22)27-19-12-15(4-5-18(19)26-3)20(23)21-16-8-11-28(24,25)13-16/h4-5,12,14,16-17H,6-11,13H2,1-3H3,(H,21,23)/t16-/m0/s1. The Balaban J connectivity index is 1.65. The van der Waals surface area contributed by atoms with Crippen LogP contribution in [0.5, 0.6) is 11.5 Å². The van der Waals surface area contributed by atoms with E-state index in [0.29, 0.717) is 29.5 Å². The van der Waals surface area contributed by atoms with Crippen LogP contribution < -0.4 is 14.8 Å². The zero-order valence-corrected chi connectivity index (χ0v) is 17.6. The third kappa shape index (κ3) is 5.17. The van der Waals surface area contributed by atoms with Gasteiger partial charge >= 0.3 is 0 Å². The molecule has 7 nitrogen and oxygen atoms in total. The maximum Gasteiger partial charge on any atom is 0.251 e. The molecule has 3 rings (SSSR count). The summed E-state index contributed by atoms with van der Waals surface area (Å²) in [5, 5.41) is 2.82. The lowest BCUT2D eigenvalue weighted by atomic mass is 10.1. The summed E-state index contributed by atoms with van der Waals surface area (Å²) in [7, 11) is -1.46. The van der Waals surface area contributed by atoms with Crippen LogP contribution in [-0.2, 0) is 9.84 Å². The first kappa shape index (κ1) is 20.9. The van der Waals surface area contributed by atoms with E-state index in [2.05, 4.69) is 24.1 Å². The Morgan fingerprint density at radius 1 is 1.18 bits per heavy atom. The number of benzene rings is 1. The molecule has 2 aliphatic rings. The number of sulfone groups is 1. The molecule has 2 fully saturated rings. The predicted molar refractivity (Wildman–Crippen MR) is 108 cm³/mol. The first-order valence-corrected chi connectivity index (χ1v) is 11.7. The van der Waals surface area contributed by atoms with Gasteiger partial charge in [-0.3, -0.25) is 4.79 Å². The number of amides is 1. The molecule has 1 N–H and O–H groups in total. The smallest absolute Gasteiger partial charge is 0.251 e. The summed E-state index contributed by atoms with van der Waals surface area (Å²) in [5.41, 5.74) is 0.444. The Morgan fingerprint density at radius 3 is 2.46 bits per heavy atom. The van der Waals surface area contributed by atoms with E-state index >= 15 is 0 Å². The van der Waals surface area contributed by atoms with Gasteiger partial charge in [0, 0.05) is 30.7 Å². The number of piperidine rings is 1. The molecule has 2 aliphatic heterocycles. The van der Waals surface area contributed by atoms with Crippen molar-refractivity contribution in [1.29, 1.82) is 0 Å². The second-order valence-electron chi connectivity index (χ2n) is 7.89. The van der Waals surface area contributed by atoms with Gasteiger partial charge in [-0.1, -0.05) is 0 Å². The monoisotopic (exact) mass is 410 g/mol. The Bertz CT molecular complexity index is 801. The van der Waals surface area contributed by atoms with Crippen molar-refractivity contribution in [2.75, 3.05) is 31.7 Å². The van der Waals surface area contributed by atoms with E-state index in [4.69, 9.17) is 9.47 Å². The third-order valence-corrected chi connectivity index (χ3v) is 7.26. The molecule has 0 aromatic heterocycles. The molecule has 1 aromatic carbocycles. The summed E-state index contributed by atoms with van der Waals surface area (Å²) in [4.78, 5) is 15.0. The number of carbonyl (C=O) groups excluding carboxylic acids is 1. The quantitative estimate of drug-likeness (QED) is 0.771. The number of rotatable bonds is 6. The Kier molecular flexibility index (Phi) is 6.50. The summed E-state index contributed by atoms with van der Waals surface area (Å²) >= 11 is 0. The van der Waals surface area contributed by atoms with Gasteiger partial charge in [0.25, 0.3) is 5.91 Å². The van der Waals surface area contributed by atoms with Crippen LogP contribution in [0.25, 0.3) is 0 Å². The van der Waals surface area contributed by atoms with Crippen molar-refractivity contribution in [3.63, 3.8) is 0 Å². The molecule has 8 heteroatoms. The highest BCUT2D eigenvalue weighted by Crippen LogP contribution is 2.31. The minimum absolute atomic E-state index is 0.00662. The number of nitrogens with one attached hydrogen (secondary N) is 1. The highest BCUT2D eigenvalue weighted by molar-refractivity contribution is 7.91. The second kappa shape index (κ2) is 8.69. The minimum Gasteiger partial charge on any atom is -0.493 e. The van der Waals surface area contributed by atoms with Crippen molar-refractivity contribution in [1.82, 2.24) is 10.2 Å². The van der Waals surface area contributed by atoms with E-state index in [0.717, 1.165) is 25.9 Å². The Labute approximate surface area is 167 Å². The van der Waals surface area contributed by atoms with E-state index in [1.54, 1.807) is 25.3 Å². The van der Waals surface area contributed by atoms with Crippen LogP contribution in [-0.4, -0.2) is 69.1 Å². The van der Waals surface area contributed by atoms with Gasteiger partial charge in [0.2, 0.25) is 0 Å². The van der Waals surface area contributed by atoms with Crippen molar-refractivity contribution >= 4 is 15.7 Å². The number of nitrogens with zero attached hydrogens (tertiary/aromatic N) is 1. The maximum absolute atomic E-state index is 12.6. The highest BCUT2D eigenvalue weighted by atomic mass is 32.2. The fourth-order valence-electron chi connectivity index (χ4n) is 3.78. The summed E-state index contributed by atoms with van der Waals surface area (Å²) in [5.74, 6) is 0.990. The molecule has 156 valence electrons. The largest absolute Gasteiger partial charge is 0.493 e. The Hall–Kier alpha value is -1.80. The molecule has 1 amide bonds. The van der Waals surface area contributed by atoms with E-state index in [9.17, 15) is 13.2 Å². The van der Waals surface area contributed by atoms with E-state index in [1.165, 1.54) is 0 Å². The molecule has 2 heterocycles. The number of carbonyl (C=O) groups is 1. The molecular weight excluding hydrogens is 380 g/mol. The Morgan fingerprint density at radius 2 is 1.89 bits per heavy atom. The van der Waals surface area contributed by atoms with Gasteiger partial charge in [-0.05, 0) is 51.3 Å². The first-order chi connectivity index (χ1) is 13.3. The number of likely N-dealkylation sites (tertiary alicyclic amines) is 1. The number of ether oxygens (including phenoxy) is 2. The average molecular weight is 411 g/mol. The normalized spacial score (nSPS) is 22.9. The first-order valence-electron chi connectivity index (χ1n) is 9.87. The topological polar surface area (TPSA) is 84.9 Å². The molecule has 1 atom stereocenters. The molecule has 28 heavy (non-hydrogen) atoms. The van der Waals surface area contributed by atoms with Gasteiger partial charge in [0.15, 0.2) is 21.3 Å². The molecule has 0 bridgehead atoms. The maximum atomic E-state index is 12.6. The van der Waals surface area contributed by atoms with Gasteiger partial charge < -0.3 is 19.7 Å². The number of methoxy groups -OCH3 is 1. The zero-order chi connectivity index (χ0) is 20.3. The van der Waals surface area contributed by atoms with Crippen molar-refractivity contribution < 1.29 is 22.7 Å². The fraction of sp³-hybridized carbons (Fsp3) is 0.650. The van der Waals surface area contributed by atoms with Crippen molar-refractivity contribution in [2.24, 2.45) is 0 Å². The lowest BCUT2D eigenvalue weighted by molar-refractivity contribution is 0.0818. The molecule has 0 unspecified atom stereocenters. The van der Waals surface area contributed by atoms with Gasteiger partial charge in [0.05, 0.1) is 18.6 Å². The number of hydrogen-bond acceptors (Lipinski definition) is 6. The zero-order valence-electron chi connectivity index (χ0n) is 16.8. The van der Waals surface area contributed by atoms with Crippen LogP contribution in [0.2, 0.25) is 0 Å². The van der Waals surface area contributed by atoms with Crippen molar-refractivity contribution in [2.45, 2.75) is 51.3 Å². The summed E-state index contributed by atoms with van der Waals surface area (Å²) < 4.78 is 34.8. The van der Waals surface area contributed by atoms with Crippen molar-refractivity contribution in [3.05, 3.63) is 23.8 Å². The van der Waals surface area contributed by atoms with Crippen LogP contribution in [0.4, 0.5) is 0 Å². The summed E-state index contributed by atoms with van der Waals surface area (Å²) in [6, 6.07) is 5.28. The van der Waals surface area contributed by atoms with Crippen molar-refractivity contribution in [3.8, 4) is 11.5 Å². The third-order valence-electron chi connectivity index (χ3n) is 5.49. The van der Waals surface area contributed by atoms with Crippen LogP contribution in [0.3, 0.4) is 0 Å². The van der Waals surface area contributed by atoms with Crippen LogP contribution in [0.1, 0.15) is 43.5 Å². The summed E-state index contributed by atoms with van der Waals surface area (Å²) in [6.07, 6.45) is 2.40. The molecule has 0 radical (unpaired) electrons. The van der Waals surface area contributed by atoms with Gasteiger partial charge in [-0.15, -0.1) is 0 Å². The predicted octanol–water partition coefficient (Wildman–Crippen LogP) is 1.86. The lowest BCUT2D eigenvalue weighted by Gasteiger charge is -2.34. The molecular formula is C20H30N2O5S. The fourth-order valence-corrected chi connectivity index (χ4v) is 5.45.